The Morgan fingerprint density at radius 3 is 1.50 bits per heavy atom. The van der Waals surface area contributed by atoms with Crippen LogP contribution in [0.2, 0.25) is 0 Å². The molecule has 0 aromatic rings. The number of nitrogens with zero attached hydrogens (tertiary/aromatic N) is 1. The lowest BCUT2D eigenvalue weighted by atomic mass is 9.71. The minimum Gasteiger partial charge on any atom is -0.357 e. The summed E-state index contributed by atoms with van der Waals surface area (Å²) in [6.45, 7) is 17.0. The molecule has 0 aromatic carbocycles. The third-order valence-electron chi connectivity index (χ3n) is 4.58. The molecule has 2 nitrogen and oxygen atoms in total. The van der Waals surface area contributed by atoms with Crippen LogP contribution in [0.1, 0.15) is 55.4 Å². The average molecular weight is 325 g/mol. The predicted octanol–water partition coefficient (Wildman–Crippen LogP) is 5.56. The fraction of sp³-hybridized carbons (Fsp3) is 0.500. The first-order chi connectivity index (χ1) is 10.8. The van der Waals surface area contributed by atoms with Crippen molar-refractivity contribution in [2.75, 3.05) is 7.05 Å². The van der Waals surface area contributed by atoms with Gasteiger partial charge in [0, 0.05) is 30.6 Å². The molecule has 0 aromatic heterocycles. The van der Waals surface area contributed by atoms with E-state index in [1.54, 1.807) is 0 Å². The molecule has 2 rings (SSSR count). The SMILES string of the molecule is CC1=CN(C)C=C(C)C1=C1C=C(C(C)(C)C)C(=O)C(C(C)(C)C)=C1. The zero-order chi connectivity index (χ0) is 18.4. The fourth-order valence-electron chi connectivity index (χ4n) is 3.43. The highest BCUT2D eigenvalue weighted by atomic mass is 16.1. The number of hydrogen-bond donors (Lipinski definition) is 0. The molecule has 1 heterocycles. The van der Waals surface area contributed by atoms with Crippen molar-refractivity contribution >= 4 is 5.78 Å². The summed E-state index contributed by atoms with van der Waals surface area (Å²) in [5.74, 6) is 0.190. The van der Waals surface area contributed by atoms with E-state index in [4.69, 9.17) is 0 Å². The van der Waals surface area contributed by atoms with Crippen LogP contribution >= 0.6 is 0 Å². The standard InChI is InChI=1S/C22H31NO/c1-14-12-23(9)13-15(2)19(14)16-10-17(21(3,4)5)20(24)18(11-16)22(6,7)8/h10-13H,1-9H3. The third kappa shape index (κ3) is 3.48. The van der Waals surface area contributed by atoms with Crippen molar-refractivity contribution in [3.63, 3.8) is 0 Å². The van der Waals surface area contributed by atoms with Crippen LogP contribution in [-0.4, -0.2) is 17.7 Å². The summed E-state index contributed by atoms with van der Waals surface area (Å²) in [7, 11) is 2.05. The van der Waals surface area contributed by atoms with Gasteiger partial charge in [-0.1, -0.05) is 41.5 Å². The molecule has 24 heavy (non-hydrogen) atoms. The van der Waals surface area contributed by atoms with Crippen LogP contribution in [-0.2, 0) is 4.79 Å². The molecule has 0 bridgehead atoms. The van der Waals surface area contributed by atoms with Gasteiger partial charge in [0.2, 0.25) is 0 Å². The molecule has 0 N–H and O–H groups in total. The summed E-state index contributed by atoms with van der Waals surface area (Å²) >= 11 is 0. The van der Waals surface area contributed by atoms with Crippen LogP contribution in [0.5, 0.6) is 0 Å². The quantitative estimate of drug-likeness (QED) is 0.581. The normalized spacial score (nSPS) is 19.9. The number of carbonyl (C=O) groups is 1. The Kier molecular flexibility index (Phi) is 4.56. The molecule has 0 amide bonds. The maximum Gasteiger partial charge on any atom is 0.186 e. The van der Waals surface area contributed by atoms with Gasteiger partial charge in [-0.3, -0.25) is 4.79 Å². The highest BCUT2D eigenvalue weighted by molar-refractivity contribution is 6.12. The Morgan fingerprint density at radius 1 is 0.792 bits per heavy atom. The second-order valence-corrected chi connectivity index (χ2v) is 9.07. The van der Waals surface area contributed by atoms with Crippen LogP contribution in [0.3, 0.4) is 0 Å². The highest BCUT2D eigenvalue weighted by Crippen LogP contribution is 2.41. The number of ketones is 1. The summed E-state index contributed by atoms with van der Waals surface area (Å²) in [4.78, 5) is 15.2. The minimum absolute atomic E-state index is 0.172. The van der Waals surface area contributed by atoms with Crippen molar-refractivity contribution in [1.29, 1.82) is 0 Å². The first kappa shape index (κ1) is 18.5. The molecule has 130 valence electrons. The van der Waals surface area contributed by atoms with Gasteiger partial charge in [-0.2, -0.15) is 0 Å². The molecule has 0 fully saturated rings. The Morgan fingerprint density at radius 2 is 1.17 bits per heavy atom. The van der Waals surface area contributed by atoms with Crippen molar-refractivity contribution in [3.8, 4) is 0 Å². The first-order valence-electron chi connectivity index (χ1n) is 8.65. The molecule has 2 heteroatoms. The van der Waals surface area contributed by atoms with Crippen molar-refractivity contribution in [2.24, 2.45) is 10.8 Å². The van der Waals surface area contributed by atoms with Crippen LogP contribution in [0.25, 0.3) is 0 Å². The van der Waals surface area contributed by atoms with E-state index < -0.39 is 0 Å². The van der Waals surface area contributed by atoms with Crippen molar-refractivity contribution in [1.82, 2.24) is 4.90 Å². The van der Waals surface area contributed by atoms with E-state index in [1.165, 1.54) is 16.7 Å². The van der Waals surface area contributed by atoms with Gasteiger partial charge in [-0.25, -0.2) is 0 Å². The summed E-state index contributed by atoms with van der Waals surface area (Å²) in [5, 5.41) is 0. The average Bonchev–Trinajstić information content (AvgIpc) is 2.36. The topological polar surface area (TPSA) is 20.3 Å². The maximum atomic E-state index is 13.1. The predicted molar refractivity (Wildman–Crippen MR) is 102 cm³/mol. The molecular formula is C22H31NO. The zero-order valence-corrected chi connectivity index (χ0v) is 16.7. The van der Waals surface area contributed by atoms with Crippen LogP contribution < -0.4 is 0 Å². The van der Waals surface area contributed by atoms with Gasteiger partial charge < -0.3 is 4.90 Å². The second kappa shape index (κ2) is 5.91. The molecule has 0 spiro atoms. The molecule has 1 aliphatic heterocycles. The van der Waals surface area contributed by atoms with Gasteiger partial charge in [0.05, 0.1) is 0 Å². The monoisotopic (exact) mass is 325 g/mol. The van der Waals surface area contributed by atoms with E-state index in [0.29, 0.717) is 0 Å². The molecular weight excluding hydrogens is 294 g/mol. The van der Waals surface area contributed by atoms with Gasteiger partial charge >= 0.3 is 0 Å². The van der Waals surface area contributed by atoms with Crippen molar-refractivity contribution in [2.45, 2.75) is 55.4 Å². The maximum absolute atomic E-state index is 13.1. The second-order valence-electron chi connectivity index (χ2n) is 9.07. The Balaban J connectivity index is 2.76. The Labute approximate surface area is 147 Å². The summed E-state index contributed by atoms with van der Waals surface area (Å²) < 4.78 is 0. The van der Waals surface area contributed by atoms with E-state index >= 15 is 0 Å². The van der Waals surface area contributed by atoms with E-state index in [2.05, 4.69) is 84.8 Å². The zero-order valence-electron chi connectivity index (χ0n) is 16.7. The van der Waals surface area contributed by atoms with E-state index in [-0.39, 0.29) is 16.6 Å². The lowest BCUT2D eigenvalue weighted by Crippen LogP contribution is -2.28. The lowest BCUT2D eigenvalue weighted by Gasteiger charge is -2.32. The Hall–Kier alpha value is -1.83. The van der Waals surface area contributed by atoms with E-state index in [9.17, 15) is 4.79 Å². The van der Waals surface area contributed by atoms with Gasteiger partial charge in [0.25, 0.3) is 0 Å². The Bertz CT molecular complexity index is 667. The molecule has 0 atom stereocenters. The molecule has 1 aliphatic carbocycles. The summed E-state index contributed by atoms with van der Waals surface area (Å²) in [6, 6.07) is 0. The molecule has 0 saturated carbocycles. The number of carbonyl (C=O) groups excluding carboxylic acids is 1. The lowest BCUT2D eigenvalue weighted by molar-refractivity contribution is -0.114. The van der Waals surface area contributed by atoms with Crippen LogP contribution in [0.4, 0.5) is 0 Å². The third-order valence-corrected chi connectivity index (χ3v) is 4.58. The number of allylic oxidation sites excluding steroid dienone is 8. The van der Waals surface area contributed by atoms with E-state index in [1.807, 2.05) is 7.05 Å². The van der Waals surface area contributed by atoms with Gasteiger partial charge in [-0.05, 0) is 59.1 Å². The minimum atomic E-state index is -0.172. The number of rotatable bonds is 0. The molecule has 2 aliphatic rings. The van der Waals surface area contributed by atoms with Gasteiger partial charge in [0.15, 0.2) is 5.78 Å². The molecule has 0 radical (unpaired) electrons. The summed E-state index contributed by atoms with van der Waals surface area (Å²) in [5.41, 5.74) is 6.31. The molecule has 0 saturated heterocycles. The number of Topliss-reactive ketones (excluding diaryl/α,β-unsaturated/α-hetero) is 1. The van der Waals surface area contributed by atoms with Gasteiger partial charge in [-0.15, -0.1) is 0 Å². The smallest absolute Gasteiger partial charge is 0.186 e. The van der Waals surface area contributed by atoms with E-state index in [0.717, 1.165) is 16.7 Å². The molecule has 0 unspecified atom stereocenters. The summed E-state index contributed by atoms with van der Waals surface area (Å²) in [6.07, 6.45) is 8.49. The van der Waals surface area contributed by atoms with Crippen LogP contribution in [0, 0.1) is 10.8 Å². The van der Waals surface area contributed by atoms with Crippen LogP contribution in [0.15, 0.2) is 58.0 Å². The first-order valence-corrected chi connectivity index (χ1v) is 8.65. The van der Waals surface area contributed by atoms with Gasteiger partial charge in [0.1, 0.15) is 0 Å². The van der Waals surface area contributed by atoms with Crippen molar-refractivity contribution < 1.29 is 4.79 Å². The number of hydrogen-bond acceptors (Lipinski definition) is 2. The highest BCUT2D eigenvalue weighted by Gasteiger charge is 2.34. The fourth-order valence-corrected chi connectivity index (χ4v) is 3.43. The van der Waals surface area contributed by atoms with Crippen molar-refractivity contribution in [3.05, 3.63) is 58.0 Å². The largest absolute Gasteiger partial charge is 0.357 e.